The van der Waals surface area contributed by atoms with Crippen molar-refractivity contribution in [2.75, 3.05) is 5.32 Å². The first-order valence-corrected chi connectivity index (χ1v) is 7.87. The Morgan fingerprint density at radius 1 is 1.04 bits per heavy atom. The van der Waals surface area contributed by atoms with Crippen molar-refractivity contribution in [2.24, 2.45) is 0 Å². The van der Waals surface area contributed by atoms with Crippen LogP contribution in [0.15, 0.2) is 54.7 Å². The first-order valence-electron chi connectivity index (χ1n) is 7.87. The van der Waals surface area contributed by atoms with E-state index in [2.05, 4.69) is 30.7 Å². The van der Waals surface area contributed by atoms with Gasteiger partial charge in [-0.25, -0.2) is 9.97 Å². The van der Waals surface area contributed by atoms with Crippen LogP contribution >= 0.6 is 0 Å². The molecule has 2 aromatic heterocycles. The Bertz CT molecular complexity index is 1070. The number of nitrogens with one attached hydrogen (secondary N) is 2. The van der Waals surface area contributed by atoms with Crippen LogP contribution in [0.4, 0.5) is 5.69 Å². The molecule has 0 saturated heterocycles. The predicted molar refractivity (Wildman–Crippen MR) is 95.1 cm³/mol. The molecule has 8 heteroatoms. The van der Waals surface area contributed by atoms with Gasteiger partial charge in [0.1, 0.15) is 16.8 Å². The average molecular weight is 346 g/mol. The first kappa shape index (κ1) is 15.7. The molecule has 0 spiro atoms. The fourth-order valence-electron chi connectivity index (χ4n) is 2.37. The van der Waals surface area contributed by atoms with Gasteiger partial charge in [-0.05, 0) is 55.5 Å². The molecule has 0 atom stereocenters. The number of aryl methyl sites for hydroxylation is 1. The lowest BCUT2D eigenvalue weighted by molar-refractivity contribution is 0.102. The van der Waals surface area contributed by atoms with E-state index < -0.39 is 0 Å². The summed E-state index contributed by atoms with van der Waals surface area (Å²) < 4.78 is 5.59. The Labute approximate surface area is 148 Å². The Hall–Kier alpha value is -3.81. The van der Waals surface area contributed by atoms with E-state index in [1.165, 1.54) is 0 Å². The quantitative estimate of drug-likeness (QED) is 0.588. The van der Waals surface area contributed by atoms with Crippen LogP contribution in [0.25, 0.3) is 11.0 Å². The maximum absolute atomic E-state index is 12.4. The largest absolute Gasteiger partial charge is 0.424 e. The fourth-order valence-corrected chi connectivity index (χ4v) is 2.37. The van der Waals surface area contributed by atoms with Crippen LogP contribution in [-0.2, 0) is 0 Å². The van der Waals surface area contributed by atoms with Crippen molar-refractivity contribution in [1.82, 2.24) is 25.4 Å². The van der Waals surface area contributed by atoms with Crippen LogP contribution < -0.4 is 10.1 Å². The Balaban J connectivity index is 1.45. The van der Waals surface area contributed by atoms with Gasteiger partial charge in [-0.15, -0.1) is 0 Å². The molecule has 8 nitrogen and oxygen atoms in total. The normalized spacial score (nSPS) is 10.7. The van der Waals surface area contributed by atoms with Crippen LogP contribution in [0.2, 0.25) is 0 Å². The smallest absolute Gasteiger partial charge is 0.322 e. The van der Waals surface area contributed by atoms with Gasteiger partial charge in [0, 0.05) is 23.1 Å². The molecular weight excluding hydrogens is 332 g/mol. The average Bonchev–Trinajstić information content (AvgIpc) is 3.11. The molecule has 0 unspecified atom stereocenters. The van der Waals surface area contributed by atoms with Gasteiger partial charge in [-0.3, -0.25) is 4.79 Å². The zero-order chi connectivity index (χ0) is 17.9. The van der Waals surface area contributed by atoms with E-state index in [1.54, 1.807) is 54.7 Å². The van der Waals surface area contributed by atoms with Crippen molar-refractivity contribution in [1.29, 1.82) is 0 Å². The van der Waals surface area contributed by atoms with Crippen LogP contribution in [0, 0.1) is 6.92 Å². The molecule has 0 saturated carbocycles. The first-order chi connectivity index (χ1) is 12.7. The van der Waals surface area contributed by atoms with Gasteiger partial charge in [0.2, 0.25) is 0 Å². The molecule has 0 aliphatic heterocycles. The topological polar surface area (TPSA) is 106 Å². The number of aromatic amines is 1. The van der Waals surface area contributed by atoms with Crippen molar-refractivity contribution in [3.05, 3.63) is 66.0 Å². The maximum Gasteiger partial charge on any atom is 0.322 e. The highest BCUT2D eigenvalue weighted by atomic mass is 16.5. The molecule has 0 aliphatic carbocycles. The van der Waals surface area contributed by atoms with Crippen LogP contribution in [0.1, 0.15) is 16.1 Å². The number of H-pyrrole nitrogens is 1. The van der Waals surface area contributed by atoms with Crippen molar-refractivity contribution in [2.45, 2.75) is 6.92 Å². The molecule has 2 aromatic carbocycles. The van der Waals surface area contributed by atoms with Crippen LogP contribution in [-0.4, -0.2) is 31.3 Å². The second-order valence-corrected chi connectivity index (χ2v) is 5.59. The van der Waals surface area contributed by atoms with Crippen molar-refractivity contribution in [3.8, 4) is 11.8 Å². The summed E-state index contributed by atoms with van der Waals surface area (Å²) in [4.78, 5) is 20.6. The van der Waals surface area contributed by atoms with Crippen molar-refractivity contribution in [3.63, 3.8) is 0 Å². The summed E-state index contributed by atoms with van der Waals surface area (Å²) in [5, 5.41) is 13.3. The van der Waals surface area contributed by atoms with E-state index in [4.69, 9.17) is 4.74 Å². The third-order valence-corrected chi connectivity index (χ3v) is 3.67. The number of fused-ring (bicyclic) bond motifs is 1. The summed E-state index contributed by atoms with van der Waals surface area (Å²) in [5.74, 6) is 0.350. The van der Waals surface area contributed by atoms with E-state index in [-0.39, 0.29) is 11.9 Å². The standard InChI is InChI=1S/C18H14N6O2/c1-11-8-9-19-18(20-11)26-14-5-3-13(4-6-14)21-17(25)12-2-7-15-16(10-12)23-24-22-15/h2-10H,1H3,(H,21,25)(H,22,23,24). The fraction of sp³-hybridized carbons (Fsp3) is 0.0556. The summed E-state index contributed by atoms with van der Waals surface area (Å²) in [6.45, 7) is 1.86. The summed E-state index contributed by atoms with van der Waals surface area (Å²) in [6, 6.07) is 14.2. The third kappa shape index (κ3) is 3.34. The highest BCUT2D eigenvalue weighted by Gasteiger charge is 2.09. The lowest BCUT2D eigenvalue weighted by Gasteiger charge is -2.07. The number of carbonyl (C=O) groups excluding carboxylic acids is 1. The number of aromatic nitrogens is 5. The highest BCUT2D eigenvalue weighted by Crippen LogP contribution is 2.21. The number of nitrogens with zero attached hydrogens (tertiary/aromatic N) is 4. The molecule has 0 fully saturated rings. The van der Waals surface area contributed by atoms with Crippen LogP contribution in [0.3, 0.4) is 0 Å². The molecule has 0 aliphatic rings. The molecule has 26 heavy (non-hydrogen) atoms. The highest BCUT2D eigenvalue weighted by molar-refractivity contribution is 6.05. The Morgan fingerprint density at radius 3 is 2.65 bits per heavy atom. The van der Waals surface area contributed by atoms with E-state index >= 15 is 0 Å². The Morgan fingerprint density at radius 2 is 1.85 bits per heavy atom. The zero-order valence-electron chi connectivity index (χ0n) is 13.8. The molecular formula is C18H14N6O2. The number of hydrogen-bond acceptors (Lipinski definition) is 6. The molecule has 0 radical (unpaired) electrons. The van der Waals surface area contributed by atoms with Gasteiger partial charge in [-0.2, -0.15) is 15.4 Å². The molecule has 0 bridgehead atoms. The molecule has 2 N–H and O–H groups in total. The number of rotatable bonds is 4. The van der Waals surface area contributed by atoms with Gasteiger partial charge in [0.25, 0.3) is 5.91 Å². The number of benzene rings is 2. The predicted octanol–water partition coefficient (Wildman–Crippen LogP) is 3.10. The Kier molecular flexibility index (Phi) is 3.98. The minimum atomic E-state index is -0.231. The summed E-state index contributed by atoms with van der Waals surface area (Å²) in [7, 11) is 0. The maximum atomic E-state index is 12.4. The molecule has 4 aromatic rings. The second kappa shape index (κ2) is 6.60. The van der Waals surface area contributed by atoms with Crippen LogP contribution in [0.5, 0.6) is 11.8 Å². The monoisotopic (exact) mass is 346 g/mol. The van der Waals surface area contributed by atoms with Gasteiger partial charge in [0.05, 0.1) is 0 Å². The lowest BCUT2D eigenvalue weighted by atomic mass is 10.2. The summed E-state index contributed by atoms with van der Waals surface area (Å²) in [5.41, 5.74) is 3.32. The summed E-state index contributed by atoms with van der Waals surface area (Å²) >= 11 is 0. The van der Waals surface area contributed by atoms with Crippen molar-refractivity contribution >= 4 is 22.6 Å². The zero-order valence-corrected chi connectivity index (χ0v) is 13.8. The molecule has 1 amide bonds. The van der Waals surface area contributed by atoms with E-state index in [0.29, 0.717) is 28.0 Å². The van der Waals surface area contributed by atoms with E-state index in [1.807, 2.05) is 6.92 Å². The number of hydrogen-bond donors (Lipinski definition) is 2. The van der Waals surface area contributed by atoms with Gasteiger partial charge in [-0.1, -0.05) is 0 Å². The van der Waals surface area contributed by atoms with E-state index in [0.717, 1.165) is 5.69 Å². The minimum Gasteiger partial charge on any atom is -0.424 e. The van der Waals surface area contributed by atoms with Gasteiger partial charge in [0.15, 0.2) is 0 Å². The van der Waals surface area contributed by atoms with Gasteiger partial charge < -0.3 is 10.1 Å². The van der Waals surface area contributed by atoms with Gasteiger partial charge >= 0.3 is 6.01 Å². The van der Waals surface area contributed by atoms with Crippen molar-refractivity contribution < 1.29 is 9.53 Å². The second-order valence-electron chi connectivity index (χ2n) is 5.59. The summed E-state index contributed by atoms with van der Waals surface area (Å²) in [6.07, 6.45) is 1.64. The minimum absolute atomic E-state index is 0.231. The molecule has 4 rings (SSSR count). The molecule has 2 heterocycles. The number of amides is 1. The lowest BCUT2D eigenvalue weighted by Crippen LogP contribution is -2.11. The SMILES string of the molecule is Cc1ccnc(Oc2ccc(NC(=O)c3ccc4n[nH]nc4c3)cc2)n1. The third-order valence-electron chi connectivity index (χ3n) is 3.67. The number of anilines is 1. The molecule has 128 valence electrons. The number of ether oxygens (including phenoxy) is 1. The van der Waals surface area contributed by atoms with E-state index in [9.17, 15) is 4.79 Å². The number of carbonyl (C=O) groups is 1.